The van der Waals surface area contributed by atoms with Crippen molar-refractivity contribution >= 4 is 28.4 Å². The van der Waals surface area contributed by atoms with Crippen molar-refractivity contribution in [2.24, 2.45) is 0 Å². The summed E-state index contributed by atoms with van der Waals surface area (Å²) in [7, 11) is 0. The van der Waals surface area contributed by atoms with Crippen molar-refractivity contribution in [3.05, 3.63) is 52.0 Å². The molecule has 2 N–H and O–H groups in total. The van der Waals surface area contributed by atoms with Crippen LogP contribution < -0.4 is 5.32 Å². The van der Waals surface area contributed by atoms with E-state index in [-0.39, 0.29) is 6.54 Å². The number of alkyl halides is 2. The van der Waals surface area contributed by atoms with Gasteiger partial charge in [0.25, 0.3) is 5.91 Å². The zero-order valence-corrected chi connectivity index (χ0v) is 14.2. The molecule has 2 aromatic heterocycles. The van der Waals surface area contributed by atoms with Crippen molar-refractivity contribution in [1.82, 2.24) is 15.5 Å². The SMILES string of the molecule is Cc1cc(CCc2cc3[nH]c(CNC(=O)C(F)F)cc3cc2Cl)no1. The number of benzene rings is 1. The third kappa shape index (κ3) is 4.17. The summed E-state index contributed by atoms with van der Waals surface area (Å²) < 4.78 is 29.5. The van der Waals surface area contributed by atoms with Crippen molar-refractivity contribution in [3.8, 4) is 0 Å². The Labute approximate surface area is 147 Å². The van der Waals surface area contributed by atoms with E-state index in [1.54, 1.807) is 6.07 Å². The summed E-state index contributed by atoms with van der Waals surface area (Å²) in [5, 5.41) is 7.59. The Bertz CT molecular complexity index is 905. The molecule has 0 atom stereocenters. The first kappa shape index (κ1) is 17.4. The zero-order valence-electron chi connectivity index (χ0n) is 13.4. The fourth-order valence-electron chi connectivity index (χ4n) is 2.60. The molecule has 1 aromatic carbocycles. The van der Waals surface area contributed by atoms with Gasteiger partial charge in [-0.3, -0.25) is 4.79 Å². The number of fused-ring (bicyclic) bond motifs is 1. The molecule has 0 fully saturated rings. The van der Waals surface area contributed by atoms with E-state index in [9.17, 15) is 13.6 Å². The van der Waals surface area contributed by atoms with Crippen molar-refractivity contribution in [3.63, 3.8) is 0 Å². The van der Waals surface area contributed by atoms with E-state index in [0.717, 1.165) is 27.9 Å². The predicted molar refractivity (Wildman–Crippen MR) is 89.8 cm³/mol. The number of rotatable bonds is 6. The zero-order chi connectivity index (χ0) is 18.0. The van der Waals surface area contributed by atoms with E-state index in [4.69, 9.17) is 16.1 Å². The Balaban J connectivity index is 1.72. The Morgan fingerprint density at radius 3 is 2.80 bits per heavy atom. The molecule has 0 unspecified atom stereocenters. The molecule has 0 saturated heterocycles. The minimum Gasteiger partial charge on any atom is -0.361 e. The van der Waals surface area contributed by atoms with Crippen LogP contribution in [-0.2, 0) is 24.2 Å². The number of hydrogen-bond acceptors (Lipinski definition) is 3. The molecule has 0 saturated carbocycles. The van der Waals surface area contributed by atoms with Gasteiger partial charge < -0.3 is 14.8 Å². The highest BCUT2D eigenvalue weighted by Gasteiger charge is 2.15. The largest absolute Gasteiger partial charge is 0.361 e. The average molecular weight is 368 g/mol. The van der Waals surface area contributed by atoms with E-state index in [0.29, 0.717) is 23.6 Å². The van der Waals surface area contributed by atoms with E-state index in [1.807, 2.05) is 25.1 Å². The number of amides is 1. The Hall–Kier alpha value is -2.41. The third-order valence-electron chi connectivity index (χ3n) is 3.82. The van der Waals surface area contributed by atoms with Crippen molar-refractivity contribution in [1.29, 1.82) is 0 Å². The maximum Gasteiger partial charge on any atom is 0.315 e. The van der Waals surface area contributed by atoms with Gasteiger partial charge in [-0.15, -0.1) is 0 Å². The van der Waals surface area contributed by atoms with Crippen LogP contribution >= 0.6 is 11.6 Å². The highest BCUT2D eigenvalue weighted by Crippen LogP contribution is 2.26. The van der Waals surface area contributed by atoms with Crippen LogP contribution in [0.3, 0.4) is 0 Å². The standard InChI is InChI=1S/C17H16ClF2N3O2/c1-9-4-12(23-25-9)3-2-10-7-15-11(6-14(10)18)5-13(22-15)8-21-17(24)16(19)20/h4-7,16,22H,2-3,8H2,1H3,(H,21,24). The van der Waals surface area contributed by atoms with E-state index in [1.165, 1.54) is 0 Å². The summed E-state index contributed by atoms with van der Waals surface area (Å²) >= 11 is 6.33. The number of nitrogens with one attached hydrogen (secondary N) is 2. The summed E-state index contributed by atoms with van der Waals surface area (Å²) in [5.74, 6) is -0.531. The molecule has 2 heterocycles. The first-order valence-corrected chi connectivity index (χ1v) is 8.08. The van der Waals surface area contributed by atoms with Gasteiger partial charge in [-0.05, 0) is 43.5 Å². The van der Waals surface area contributed by atoms with Gasteiger partial charge in [0, 0.05) is 27.7 Å². The second-order valence-corrected chi connectivity index (χ2v) is 6.18. The highest BCUT2D eigenvalue weighted by molar-refractivity contribution is 6.32. The molecule has 132 valence electrons. The van der Waals surface area contributed by atoms with Crippen LogP contribution in [0.1, 0.15) is 22.7 Å². The second kappa shape index (κ2) is 7.23. The fraction of sp³-hybridized carbons (Fsp3) is 0.294. The number of aryl methyl sites for hydroxylation is 3. The maximum absolute atomic E-state index is 12.2. The second-order valence-electron chi connectivity index (χ2n) is 5.77. The maximum atomic E-state index is 12.2. The van der Waals surface area contributed by atoms with E-state index < -0.39 is 12.3 Å². The summed E-state index contributed by atoms with van der Waals surface area (Å²) in [6.07, 6.45) is -1.64. The molecule has 0 aliphatic rings. The normalized spacial score (nSPS) is 11.4. The van der Waals surface area contributed by atoms with Gasteiger partial charge in [0.2, 0.25) is 0 Å². The summed E-state index contributed by atoms with van der Waals surface area (Å²) in [6, 6.07) is 7.39. The minimum absolute atomic E-state index is 0.00300. The first-order chi connectivity index (χ1) is 11.9. The number of carbonyl (C=O) groups is 1. The molecule has 0 spiro atoms. The first-order valence-electron chi connectivity index (χ1n) is 7.70. The molecule has 0 radical (unpaired) electrons. The minimum atomic E-state index is -3.02. The predicted octanol–water partition coefficient (Wildman–Crippen LogP) is 3.78. The molecule has 3 aromatic rings. The molecule has 25 heavy (non-hydrogen) atoms. The molecule has 0 bridgehead atoms. The quantitative estimate of drug-likeness (QED) is 0.696. The number of carbonyl (C=O) groups excluding carboxylic acids is 1. The topological polar surface area (TPSA) is 70.9 Å². The fourth-order valence-corrected chi connectivity index (χ4v) is 2.87. The number of halogens is 3. The number of aromatic amines is 1. The molecular weight excluding hydrogens is 352 g/mol. The molecular formula is C17H16ClF2N3O2. The van der Waals surface area contributed by atoms with Gasteiger partial charge in [0.1, 0.15) is 5.76 Å². The summed E-state index contributed by atoms with van der Waals surface area (Å²) in [5.41, 5.74) is 3.26. The molecule has 5 nitrogen and oxygen atoms in total. The average Bonchev–Trinajstić information content (AvgIpc) is 3.15. The number of nitrogens with zero attached hydrogens (tertiary/aromatic N) is 1. The van der Waals surface area contributed by atoms with Crippen LogP contribution in [0.2, 0.25) is 5.02 Å². The lowest BCUT2D eigenvalue weighted by Gasteiger charge is -2.03. The molecule has 3 rings (SSSR count). The number of H-pyrrole nitrogens is 1. The lowest BCUT2D eigenvalue weighted by Crippen LogP contribution is -2.28. The smallest absolute Gasteiger partial charge is 0.315 e. The number of hydrogen-bond donors (Lipinski definition) is 2. The molecule has 8 heteroatoms. The van der Waals surface area contributed by atoms with Crippen LogP contribution in [0, 0.1) is 6.92 Å². The van der Waals surface area contributed by atoms with Crippen molar-refractivity contribution in [2.75, 3.05) is 0 Å². The lowest BCUT2D eigenvalue weighted by molar-refractivity contribution is -0.131. The van der Waals surface area contributed by atoms with E-state index >= 15 is 0 Å². The van der Waals surface area contributed by atoms with Crippen LogP contribution in [0.15, 0.2) is 28.8 Å². The van der Waals surface area contributed by atoms with Gasteiger partial charge in [-0.25, -0.2) is 0 Å². The summed E-state index contributed by atoms with van der Waals surface area (Å²) in [4.78, 5) is 14.1. The Morgan fingerprint density at radius 1 is 1.32 bits per heavy atom. The van der Waals surface area contributed by atoms with Gasteiger partial charge in [-0.2, -0.15) is 8.78 Å². The van der Waals surface area contributed by atoms with Gasteiger partial charge >= 0.3 is 6.43 Å². The third-order valence-corrected chi connectivity index (χ3v) is 4.17. The van der Waals surface area contributed by atoms with E-state index in [2.05, 4.69) is 15.5 Å². The molecule has 0 aliphatic heterocycles. The molecule has 0 aliphatic carbocycles. The monoisotopic (exact) mass is 367 g/mol. The van der Waals surface area contributed by atoms with Gasteiger partial charge in [0.15, 0.2) is 0 Å². The highest BCUT2D eigenvalue weighted by atomic mass is 35.5. The molecule has 1 amide bonds. The van der Waals surface area contributed by atoms with Crippen LogP contribution in [-0.4, -0.2) is 22.5 Å². The number of aromatic nitrogens is 2. The van der Waals surface area contributed by atoms with Crippen LogP contribution in [0.25, 0.3) is 10.9 Å². The van der Waals surface area contributed by atoms with Crippen molar-refractivity contribution in [2.45, 2.75) is 32.7 Å². The van der Waals surface area contributed by atoms with Crippen LogP contribution in [0.4, 0.5) is 8.78 Å². The van der Waals surface area contributed by atoms with Gasteiger partial charge in [-0.1, -0.05) is 16.8 Å². The Morgan fingerprint density at radius 2 is 2.12 bits per heavy atom. The van der Waals surface area contributed by atoms with Gasteiger partial charge in [0.05, 0.1) is 12.2 Å². The Kier molecular flexibility index (Phi) is 5.03. The lowest BCUT2D eigenvalue weighted by atomic mass is 10.1. The summed E-state index contributed by atoms with van der Waals surface area (Å²) in [6.45, 7) is 1.84. The van der Waals surface area contributed by atoms with Crippen molar-refractivity contribution < 1.29 is 18.1 Å². The van der Waals surface area contributed by atoms with Crippen LogP contribution in [0.5, 0.6) is 0 Å².